The van der Waals surface area contributed by atoms with E-state index < -0.39 is 0 Å². The molecule has 114 valence electrons. The molecule has 21 heavy (non-hydrogen) atoms. The molecule has 1 fully saturated rings. The van der Waals surface area contributed by atoms with Crippen molar-refractivity contribution in [3.8, 4) is 10.8 Å². The Morgan fingerprint density at radius 1 is 1.43 bits per heavy atom. The predicted molar refractivity (Wildman–Crippen MR) is 84.7 cm³/mol. The van der Waals surface area contributed by atoms with Gasteiger partial charge in [0.15, 0.2) is 5.82 Å². The van der Waals surface area contributed by atoms with Crippen LogP contribution in [0.3, 0.4) is 0 Å². The summed E-state index contributed by atoms with van der Waals surface area (Å²) in [6, 6.07) is 4.01. The lowest BCUT2D eigenvalue weighted by Crippen LogP contribution is -2.45. The summed E-state index contributed by atoms with van der Waals surface area (Å²) in [5.41, 5.74) is 0. The van der Waals surface area contributed by atoms with Gasteiger partial charge >= 0.3 is 0 Å². The molecule has 0 bridgehead atoms. The third-order valence-corrected chi connectivity index (χ3v) is 4.90. The fourth-order valence-corrected chi connectivity index (χ4v) is 3.61. The van der Waals surface area contributed by atoms with Gasteiger partial charge in [0.1, 0.15) is 0 Å². The van der Waals surface area contributed by atoms with Crippen molar-refractivity contribution in [2.24, 2.45) is 0 Å². The second-order valence-corrected chi connectivity index (χ2v) is 6.87. The van der Waals surface area contributed by atoms with Crippen molar-refractivity contribution in [1.29, 1.82) is 0 Å². The molecule has 1 aliphatic heterocycles. The van der Waals surface area contributed by atoms with Crippen molar-refractivity contribution >= 4 is 22.9 Å². The van der Waals surface area contributed by atoms with Gasteiger partial charge in [0, 0.05) is 26.2 Å². The fraction of sp³-hybridized carbons (Fsp3) is 0.571. The highest BCUT2D eigenvalue weighted by Gasteiger charge is 2.26. The number of hydrogen-bond donors (Lipinski definition) is 1. The van der Waals surface area contributed by atoms with Gasteiger partial charge in [-0.3, -0.25) is 4.90 Å². The van der Waals surface area contributed by atoms with Crippen LogP contribution in [0.1, 0.15) is 31.6 Å². The molecule has 0 saturated carbocycles. The van der Waals surface area contributed by atoms with E-state index in [1.54, 1.807) is 0 Å². The summed E-state index contributed by atoms with van der Waals surface area (Å²) in [5.74, 6) is 1.36. The SMILES string of the molecule is CCCC(c1noc(-c2ccc(Cl)s2)n1)N1CCNCC1. The van der Waals surface area contributed by atoms with E-state index in [1.165, 1.54) is 11.3 Å². The number of thiophene rings is 1. The first-order chi connectivity index (χ1) is 10.3. The first kappa shape index (κ1) is 15.0. The summed E-state index contributed by atoms with van der Waals surface area (Å²) in [4.78, 5) is 7.97. The molecular formula is C14H19ClN4OS. The van der Waals surface area contributed by atoms with Gasteiger partial charge < -0.3 is 9.84 Å². The van der Waals surface area contributed by atoms with E-state index in [4.69, 9.17) is 16.1 Å². The Kier molecular flexibility index (Phi) is 4.90. The molecule has 2 aromatic rings. The van der Waals surface area contributed by atoms with Gasteiger partial charge in [-0.2, -0.15) is 4.98 Å². The van der Waals surface area contributed by atoms with Crippen molar-refractivity contribution in [3.05, 3.63) is 22.3 Å². The summed E-state index contributed by atoms with van der Waals surface area (Å²) in [5, 5.41) is 7.59. The number of piperazine rings is 1. The summed E-state index contributed by atoms with van der Waals surface area (Å²) >= 11 is 7.43. The van der Waals surface area contributed by atoms with Gasteiger partial charge in [-0.05, 0) is 18.6 Å². The van der Waals surface area contributed by atoms with E-state index in [0.29, 0.717) is 5.89 Å². The van der Waals surface area contributed by atoms with E-state index in [1.807, 2.05) is 12.1 Å². The van der Waals surface area contributed by atoms with Crippen molar-refractivity contribution < 1.29 is 4.52 Å². The van der Waals surface area contributed by atoms with Crippen LogP contribution in [-0.2, 0) is 0 Å². The van der Waals surface area contributed by atoms with Crippen LogP contribution in [0.2, 0.25) is 4.34 Å². The monoisotopic (exact) mass is 326 g/mol. The Bertz CT molecular complexity index is 579. The molecule has 2 aromatic heterocycles. The van der Waals surface area contributed by atoms with Crippen molar-refractivity contribution in [2.75, 3.05) is 26.2 Å². The summed E-state index contributed by atoms with van der Waals surface area (Å²) < 4.78 is 6.16. The van der Waals surface area contributed by atoms with Crippen LogP contribution in [0.25, 0.3) is 10.8 Å². The number of aromatic nitrogens is 2. The topological polar surface area (TPSA) is 54.2 Å². The lowest BCUT2D eigenvalue weighted by atomic mass is 10.1. The molecule has 1 aliphatic rings. The lowest BCUT2D eigenvalue weighted by Gasteiger charge is -2.33. The van der Waals surface area contributed by atoms with E-state index in [2.05, 4.69) is 27.3 Å². The summed E-state index contributed by atoms with van der Waals surface area (Å²) in [6.07, 6.45) is 2.15. The third-order valence-electron chi connectivity index (χ3n) is 3.68. The van der Waals surface area contributed by atoms with Gasteiger partial charge in [-0.1, -0.05) is 30.1 Å². The average Bonchev–Trinajstić information content (AvgIpc) is 3.14. The average molecular weight is 327 g/mol. The molecule has 7 heteroatoms. The molecule has 1 atom stereocenters. The quantitative estimate of drug-likeness (QED) is 0.914. The maximum Gasteiger partial charge on any atom is 0.268 e. The molecule has 0 aliphatic carbocycles. The van der Waals surface area contributed by atoms with Crippen molar-refractivity contribution in [2.45, 2.75) is 25.8 Å². The molecule has 3 rings (SSSR count). The molecule has 0 spiro atoms. The van der Waals surface area contributed by atoms with Crippen LogP contribution in [0.5, 0.6) is 0 Å². The lowest BCUT2D eigenvalue weighted by molar-refractivity contribution is 0.155. The number of nitrogens with one attached hydrogen (secondary N) is 1. The van der Waals surface area contributed by atoms with E-state index >= 15 is 0 Å². The van der Waals surface area contributed by atoms with Gasteiger partial charge in [0.2, 0.25) is 0 Å². The number of rotatable bonds is 5. The Morgan fingerprint density at radius 2 is 2.24 bits per heavy atom. The van der Waals surface area contributed by atoms with E-state index in [0.717, 1.165) is 54.1 Å². The van der Waals surface area contributed by atoms with E-state index in [9.17, 15) is 0 Å². The molecule has 0 radical (unpaired) electrons. The minimum atomic E-state index is 0.241. The number of hydrogen-bond acceptors (Lipinski definition) is 6. The standard InChI is InChI=1S/C14H19ClN4OS/c1-2-3-10(19-8-6-16-7-9-19)13-17-14(20-18-13)11-4-5-12(15)21-11/h4-5,10,16H,2-3,6-9H2,1H3. The summed E-state index contributed by atoms with van der Waals surface area (Å²) in [7, 11) is 0. The number of nitrogens with zero attached hydrogens (tertiary/aromatic N) is 3. The zero-order valence-corrected chi connectivity index (χ0v) is 13.6. The third kappa shape index (κ3) is 3.45. The van der Waals surface area contributed by atoms with Crippen LogP contribution < -0.4 is 5.32 Å². The van der Waals surface area contributed by atoms with Gasteiger partial charge in [0.25, 0.3) is 5.89 Å². The molecule has 0 aromatic carbocycles. The van der Waals surface area contributed by atoms with Crippen molar-refractivity contribution in [1.82, 2.24) is 20.4 Å². The van der Waals surface area contributed by atoms with Crippen LogP contribution in [0.15, 0.2) is 16.7 Å². The number of halogens is 1. The van der Waals surface area contributed by atoms with Crippen LogP contribution in [0, 0.1) is 0 Å². The zero-order chi connectivity index (χ0) is 14.7. The zero-order valence-electron chi connectivity index (χ0n) is 12.0. The normalized spacial score (nSPS) is 18.0. The molecule has 1 N–H and O–H groups in total. The Labute approximate surface area is 133 Å². The molecule has 3 heterocycles. The largest absolute Gasteiger partial charge is 0.333 e. The summed E-state index contributed by atoms with van der Waals surface area (Å²) in [6.45, 7) is 6.28. The molecule has 1 unspecified atom stereocenters. The smallest absolute Gasteiger partial charge is 0.268 e. The molecule has 0 amide bonds. The van der Waals surface area contributed by atoms with Crippen molar-refractivity contribution in [3.63, 3.8) is 0 Å². The van der Waals surface area contributed by atoms with Gasteiger partial charge in [0.05, 0.1) is 15.3 Å². The molecule has 5 nitrogen and oxygen atoms in total. The first-order valence-corrected chi connectivity index (χ1v) is 8.51. The fourth-order valence-electron chi connectivity index (χ4n) is 2.64. The van der Waals surface area contributed by atoms with Crippen LogP contribution in [0.4, 0.5) is 0 Å². The Hall–Kier alpha value is -0.950. The van der Waals surface area contributed by atoms with Gasteiger partial charge in [-0.25, -0.2) is 0 Å². The Balaban J connectivity index is 1.81. The Morgan fingerprint density at radius 3 is 2.90 bits per heavy atom. The van der Waals surface area contributed by atoms with Gasteiger partial charge in [-0.15, -0.1) is 11.3 Å². The maximum absolute atomic E-state index is 5.96. The van der Waals surface area contributed by atoms with Crippen LogP contribution in [-0.4, -0.2) is 41.2 Å². The minimum absolute atomic E-state index is 0.241. The highest BCUT2D eigenvalue weighted by molar-refractivity contribution is 7.19. The maximum atomic E-state index is 5.96. The first-order valence-electron chi connectivity index (χ1n) is 7.32. The molecular weight excluding hydrogens is 308 g/mol. The highest BCUT2D eigenvalue weighted by Crippen LogP contribution is 2.31. The molecule has 1 saturated heterocycles. The highest BCUT2D eigenvalue weighted by atomic mass is 35.5. The second kappa shape index (κ2) is 6.87. The predicted octanol–water partition coefficient (Wildman–Crippen LogP) is 3.20. The second-order valence-electron chi connectivity index (χ2n) is 5.15. The van der Waals surface area contributed by atoms with Crippen LogP contribution >= 0.6 is 22.9 Å². The van der Waals surface area contributed by atoms with E-state index in [-0.39, 0.29) is 6.04 Å². The minimum Gasteiger partial charge on any atom is -0.333 e.